The van der Waals surface area contributed by atoms with Gasteiger partial charge < -0.3 is 0 Å². The maximum absolute atomic E-state index is 4.19. The third-order valence-electron chi connectivity index (χ3n) is 1.95. The van der Waals surface area contributed by atoms with Gasteiger partial charge in [0.15, 0.2) is 0 Å². The van der Waals surface area contributed by atoms with Gasteiger partial charge in [0.05, 0.1) is 0 Å². The van der Waals surface area contributed by atoms with Crippen molar-refractivity contribution in [3.63, 3.8) is 0 Å². The Labute approximate surface area is 79.1 Å². The molecule has 62 valence electrons. The highest BCUT2D eigenvalue weighted by Gasteiger charge is 2.04. The maximum Gasteiger partial charge on any atom is 0.107 e. The molecule has 0 spiro atoms. The fraction of sp³-hybridized carbons (Fsp3) is 0.222. The molecule has 0 radical (unpaired) electrons. The molecule has 0 atom stereocenters. The van der Waals surface area contributed by atoms with Crippen molar-refractivity contribution in [3.05, 3.63) is 27.9 Å². The van der Waals surface area contributed by atoms with E-state index in [0.29, 0.717) is 0 Å². The molecule has 0 aliphatic carbocycles. The number of rotatable bonds is 0. The van der Waals surface area contributed by atoms with E-state index in [2.05, 4.69) is 45.2 Å². The quantitative estimate of drug-likeness (QED) is 0.733. The van der Waals surface area contributed by atoms with Crippen LogP contribution in [-0.4, -0.2) is 10.2 Å². The Kier molecular flexibility index (Phi) is 1.68. The van der Waals surface area contributed by atoms with Crippen LogP contribution < -0.4 is 0 Å². The lowest BCUT2D eigenvalue weighted by molar-refractivity contribution is 1.07. The lowest BCUT2D eigenvalue weighted by Crippen LogP contribution is -1.75. The van der Waals surface area contributed by atoms with Crippen molar-refractivity contribution < 1.29 is 0 Å². The van der Waals surface area contributed by atoms with Gasteiger partial charge in [0.2, 0.25) is 0 Å². The van der Waals surface area contributed by atoms with E-state index < -0.39 is 0 Å². The molecular weight excluding hydrogens is 216 g/mol. The van der Waals surface area contributed by atoms with Gasteiger partial charge >= 0.3 is 0 Å². The van der Waals surface area contributed by atoms with Crippen LogP contribution in [0.5, 0.6) is 0 Å². The highest BCUT2D eigenvalue weighted by molar-refractivity contribution is 9.10. The van der Waals surface area contributed by atoms with Gasteiger partial charge in [-0.05, 0) is 47.5 Å². The number of aryl methyl sites for hydroxylation is 2. The Bertz CT molecular complexity index is 431. The minimum Gasteiger partial charge on any atom is -0.282 e. The molecule has 0 aliphatic rings. The third kappa shape index (κ3) is 1.05. The summed E-state index contributed by atoms with van der Waals surface area (Å²) in [5, 5.41) is 8.35. The molecule has 0 bridgehead atoms. The monoisotopic (exact) mass is 224 g/mol. The van der Waals surface area contributed by atoms with E-state index in [9.17, 15) is 0 Å². The Morgan fingerprint density at radius 3 is 2.83 bits per heavy atom. The van der Waals surface area contributed by atoms with E-state index in [1.807, 2.05) is 6.92 Å². The summed E-state index contributed by atoms with van der Waals surface area (Å²) in [7, 11) is 0. The molecule has 0 amide bonds. The van der Waals surface area contributed by atoms with Gasteiger partial charge in [-0.1, -0.05) is 0 Å². The van der Waals surface area contributed by atoms with E-state index in [-0.39, 0.29) is 0 Å². The molecular formula is C9H9BrN2. The van der Waals surface area contributed by atoms with Crippen molar-refractivity contribution >= 4 is 26.8 Å². The first kappa shape index (κ1) is 7.80. The zero-order valence-corrected chi connectivity index (χ0v) is 8.57. The van der Waals surface area contributed by atoms with Crippen LogP contribution in [0.3, 0.4) is 0 Å². The van der Waals surface area contributed by atoms with Crippen LogP contribution >= 0.6 is 15.9 Å². The van der Waals surface area contributed by atoms with Crippen molar-refractivity contribution in [2.75, 3.05) is 0 Å². The Morgan fingerprint density at radius 1 is 1.33 bits per heavy atom. The minimum absolute atomic E-state index is 1.01. The smallest absolute Gasteiger partial charge is 0.107 e. The molecule has 12 heavy (non-hydrogen) atoms. The predicted molar refractivity (Wildman–Crippen MR) is 53.3 cm³/mol. The molecule has 1 N–H and O–H groups in total. The largest absolute Gasteiger partial charge is 0.282 e. The first-order valence-electron chi connectivity index (χ1n) is 3.79. The van der Waals surface area contributed by atoms with E-state index in [4.69, 9.17) is 0 Å². The summed E-state index contributed by atoms with van der Waals surface area (Å²) in [6, 6.07) is 4.21. The van der Waals surface area contributed by atoms with Crippen molar-refractivity contribution in [1.82, 2.24) is 10.2 Å². The van der Waals surface area contributed by atoms with Crippen molar-refractivity contribution in [3.8, 4) is 0 Å². The predicted octanol–water partition coefficient (Wildman–Crippen LogP) is 2.94. The molecule has 0 unspecified atom stereocenters. The second kappa shape index (κ2) is 2.59. The summed E-state index contributed by atoms with van der Waals surface area (Å²) in [6.07, 6.45) is 0. The second-order valence-electron chi connectivity index (χ2n) is 2.99. The zero-order chi connectivity index (χ0) is 8.72. The van der Waals surface area contributed by atoms with Crippen molar-refractivity contribution in [2.45, 2.75) is 13.8 Å². The van der Waals surface area contributed by atoms with Gasteiger partial charge in [0.1, 0.15) is 5.52 Å². The molecule has 0 aliphatic heterocycles. The number of hydrogen-bond acceptors (Lipinski definition) is 1. The standard InChI is InChI=1S/C9H9BrN2/c1-5-3-7-6(2)11-12-9(7)8(10)4-5/h3-4H,1-2H3,(H,11,12). The minimum atomic E-state index is 1.01. The summed E-state index contributed by atoms with van der Waals surface area (Å²) in [4.78, 5) is 0. The number of aromatic amines is 1. The van der Waals surface area contributed by atoms with Gasteiger partial charge in [-0.3, -0.25) is 5.10 Å². The third-order valence-corrected chi connectivity index (χ3v) is 2.55. The number of fused-ring (bicyclic) bond motifs is 1. The number of nitrogens with zero attached hydrogens (tertiary/aromatic N) is 1. The first-order valence-corrected chi connectivity index (χ1v) is 4.58. The van der Waals surface area contributed by atoms with E-state index in [1.54, 1.807) is 0 Å². The second-order valence-corrected chi connectivity index (χ2v) is 3.85. The van der Waals surface area contributed by atoms with Gasteiger partial charge in [-0.15, -0.1) is 0 Å². The maximum atomic E-state index is 4.19. The highest BCUT2D eigenvalue weighted by atomic mass is 79.9. The fourth-order valence-electron chi connectivity index (χ4n) is 1.33. The molecule has 0 saturated heterocycles. The summed E-state index contributed by atoms with van der Waals surface area (Å²) < 4.78 is 1.06. The molecule has 2 rings (SSSR count). The lowest BCUT2D eigenvalue weighted by atomic mass is 10.1. The SMILES string of the molecule is Cc1cc(Br)c2n[nH]c(C)c2c1. The van der Waals surface area contributed by atoms with Crippen LogP contribution in [0.1, 0.15) is 11.3 Å². The topological polar surface area (TPSA) is 28.7 Å². The number of hydrogen-bond donors (Lipinski definition) is 1. The number of halogens is 1. The van der Waals surface area contributed by atoms with Gasteiger partial charge in [-0.2, -0.15) is 5.10 Å². The number of benzene rings is 1. The normalized spacial score (nSPS) is 10.9. The molecule has 1 aromatic heterocycles. The van der Waals surface area contributed by atoms with Crippen molar-refractivity contribution in [1.29, 1.82) is 0 Å². The number of nitrogens with one attached hydrogen (secondary N) is 1. The highest BCUT2D eigenvalue weighted by Crippen LogP contribution is 2.25. The molecule has 2 nitrogen and oxygen atoms in total. The molecule has 2 aromatic rings. The fourth-order valence-corrected chi connectivity index (χ4v) is 2.00. The summed E-state index contributed by atoms with van der Waals surface area (Å²) >= 11 is 3.48. The Hall–Kier alpha value is -0.830. The first-order chi connectivity index (χ1) is 5.68. The van der Waals surface area contributed by atoms with Crippen molar-refractivity contribution in [2.24, 2.45) is 0 Å². The number of H-pyrrole nitrogens is 1. The van der Waals surface area contributed by atoms with Crippen LogP contribution in [0.2, 0.25) is 0 Å². The Morgan fingerprint density at radius 2 is 2.08 bits per heavy atom. The summed E-state index contributed by atoms with van der Waals surface area (Å²) in [5.41, 5.74) is 3.38. The summed E-state index contributed by atoms with van der Waals surface area (Å²) in [6.45, 7) is 4.11. The van der Waals surface area contributed by atoms with Gasteiger partial charge in [0.25, 0.3) is 0 Å². The van der Waals surface area contributed by atoms with Crippen LogP contribution in [0.15, 0.2) is 16.6 Å². The van der Waals surface area contributed by atoms with Gasteiger partial charge in [0, 0.05) is 15.6 Å². The van der Waals surface area contributed by atoms with Crippen LogP contribution in [-0.2, 0) is 0 Å². The summed E-state index contributed by atoms with van der Waals surface area (Å²) in [5.74, 6) is 0. The molecule has 1 heterocycles. The molecule has 0 saturated carbocycles. The average molecular weight is 225 g/mol. The molecule has 1 aromatic carbocycles. The van der Waals surface area contributed by atoms with Crippen LogP contribution in [0.25, 0.3) is 10.9 Å². The van der Waals surface area contributed by atoms with E-state index in [0.717, 1.165) is 15.7 Å². The zero-order valence-electron chi connectivity index (χ0n) is 6.98. The van der Waals surface area contributed by atoms with E-state index in [1.165, 1.54) is 10.9 Å². The average Bonchev–Trinajstić information content (AvgIpc) is 2.33. The number of aromatic nitrogens is 2. The van der Waals surface area contributed by atoms with E-state index >= 15 is 0 Å². The molecule has 3 heteroatoms. The van der Waals surface area contributed by atoms with Crippen LogP contribution in [0.4, 0.5) is 0 Å². The lowest BCUT2D eigenvalue weighted by Gasteiger charge is -1.95. The molecule has 0 fully saturated rings. The van der Waals surface area contributed by atoms with Crippen LogP contribution in [0, 0.1) is 13.8 Å². The Balaban J connectivity index is 2.92. The van der Waals surface area contributed by atoms with Gasteiger partial charge in [-0.25, -0.2) is 0 Å².